The first-order valence-electron chi connectivity index (χ1n) is 11.4. The van der Waals surface area contributed by atoms with Crippen LogP contribution in [0.1, 0.15) is 5.56 Å². The SMILES string of the molecule is COc1cc(/C=C/C(=O)OCCSc2nc(-c3ccc(S(C)(=O)=O)cc3)n(-c3ccccc3)n2)ccc1O. The summed E-state index contributed by atoms with van der Waals surface area (Å²) < 4.78 is 35.7. The fourth-order valence-electron chi connectivity index (χ4n) is 3.43. The third-order valence-corrected chi connectivity index (χ3v) is 7.23. The van der Waals surface area contributed by atoms with Crippen molar-refractivity contribution in [3.8, 4) is 28.6 Å². The number of ether oxygens (including phenoxy) is 2. The number of rotatable bonds is 10. The summed E-state index contributed by atoms with van der Waals surface area (Å²) in [5.41, 5.74) is 2.19. The number of esters is 1. The average Bonchev–Trinajstić information content (AvgIpc) is 3.35. The molecule has 0 aliphatic rings. The van der Waals surface area contributed by atoms with Gasteiger partial charge in [0.1, 0.15) is 6.61 Å². The van der Waals surface area contributed by atoms with Gasteiger partial charge in [0.2, 0.25) is 5.16 Å². The Morgan fingerprint density at radius 2 is 1.82 bits per heavy atom. The molecule has 1 heterocycles. The summed E-state index contributed by atoms with van der Waals surface area (Å²) in [6.45, 7) is 0.144. The maximum absolute atomic E-state index is 12.1. The van der Waals surface area contributed by atoms with Crippen LogP contribution in [0.25, 0.3) is 23.2 Å². The maximum Gasteiger partial charge on any atom is 0.330 e. The molecule has 38 heavy (non-hydrogen) atoms. The van der Waals surface area contributed by atoms with Crippen LogP contribution in [0.4, 0.5) is 0 Å². The lowest BCUT2D eigenvalue weighted by molar-refractivity contribution is -0.137. The molecule has 0 saturated carbocycles. The van der Waals surface area contributed by atoms with E-state index in [4.69, 9.17) is 9.47 Å². The van der Waals surface area contributed by atoms with Gasteiger partial charge in [0.05, 0.1) is 17.7 Å². The Balaban J connectivity index is 1.41. The van der Waals surface area contributed by atoms with Gasteiger partial charge in [-0.15, -0.1) is 5.10 Å². The van der Waals surface area contributed by atoms with E-state index in [0.717, 1.165) is 11.9 Å². The molecule has 0 aliphatic heterocycles. The van der Waals surface area contributed by atoms with E-state index >= 15 is 0 Å². The van der Waals surface area contributed by atoms with Crippen LogP contribution in [0.15, 0.2) is 88.9 Å². The van der Waals surface area contributed by atoms with Crippen LogP contribution in [0.5, 0.6) is 11.5 Å². The number of carbonyl (C=O) groups is 1. The number of sulfone groups is 1. The highest BCUT2D eigenvalue weighted by molar-refractivity contribution is 7.99. The van der Waals surface area contributed by atoms with Crippen LogP contribution < -0.4 is 4.74 Å². The van der Waals surface area contributed by atoms with Gasteiger partial charge in [-0.3, -0.25) is 0 Å². The summed E-state index contributed by atoms with van der Waals surface area (Å²) >= 11 is 1.33. The number of phenolic OH excluding ortho intramolecular Hbond substituents is 1. The van der Waals surface area contributed by atoms with Crippen molar-refractivity contribution in [2.75, 3.05) is 25.7 Å². The smallest absolute Gasteiger partial charge is 0.330 e. The molecule has 11 heteroatoms. The van der Waals surface area contributed by atoms with Gasteiger partial charge in [-0.2, -0.15) is 0 Å². The molecule has 0 saturated heterocycles. The fraction of sp³-hybridized carbons (Fsp3) is 0.148. The monoisotopic (exact) mass is 551 g/mol. The number of benzene rings is 3. The molecule has 0 aliphatic carbocycles. The van der Waals surface area contributed by atoms with E-state index in [1.54, 1.807) is 47.2 Å². The summed E-state index contributed by atoms with van der Waals surface area (Å²) in [4.78, 5) is 17.0. The molecule has 0 unspecified atom stereocenters. The Morgan fingerprint density at radius 3 is 2.50 bits per heavy atom. The number of thioether (sulfide) groups is 1. The first-order chi connectivity index (χ1) is 18.2. The Morgan fingerprint density at radius 1 is 1.08 bits per heavy atom. The molecular formula is C27H25N3O6S2. The van der Waals surface area contributed by atoms with Crippen molar-refractivity contribution in [1.29, 1.82) is 0 Å². The van der Waals surface area contributed by atoms with Gasteiger partial charge in [-0.25, -0.2) is 22.9 Å². The molecule has 1 aromatic heterocycles. The van der Waals surface area contributed by atoms with E-state index in [2.05, 4.69) is 10.1 Å². The zero-order valence-corrected chi connectivity index (χ0v) is 22.3. The van der Waals surface area contributed by atoms with Crippen molar-refractivity contribution in [2.24, 2.45) is 0 Å². The normalized spacial score (nSPS) is 11.5. The van der Waals surface area contributed by atoms with Crippen molar-refractivity contribution in [3.63, 3.8) is 0 Å². The fourth-order valence-corrected chi connectivity index (χ4v) is 4.70. The largest absolute Gasteiger partial charge is 0.504 e. The van der Waals surface area contributed by atoms with E-state index in [1.165, 1.54) is 31.0 Å². The van der Waals surface area contributed by atoms with Gasteiger partial charge in [0.15, 0.2) is 27.2 Å². The number of hydrogen-bond donors (Lipinski definition) is 1. The molecule has 0 radical (unpaired) electrons. The first-order valence-corrected chi connectivity index (χ1v) is 14.3. The van der Waals surface area contributed by atoms with E-state index < -0.39 is 15.8 Å². The quantitative estimate of drug-likeness (QED) is 0.132. The van der Waals surface area contributed by atoms with Crippen molar-refractivity contribution in [2.45, 2.75) is 10.1 Å². The maximum atomic E-state index is 12.1. The van der Waals surface area contributed by atoms with Crippen LogP contribution in [-0.4, -0.2) is 60.0 Å². The third-order valence-electron chi connectivity index (χ3n) is 5.30. The van der Waals surface area contributed by atoms with E-state index in [1.807, 2.05) is 30.3 Å². The molecule has 0 fully saturated rings. The van der Waals surface area contributed by atoms with Gasteiger partial charge < -0.3 is 14.6 Å². The second-order valence-electron chi connectivity index (χ2n) is 8.04. The second kappa shape index (κ2) is 12.0. The zero-order chi connectivity index (χ0) is 27.1. The number of nitrogens with zero attached hydrogens (tertiary/aromatic N) is 3. The molecule has 196 valence electrons. The lowest BCUT2D eigenvalue weighted by atomic mass is 10.2. The van der Waals surface area contributed by atoms with E-state index in [-0.39, 0.29) is 17.3 Å². The highest BCUT2D eigenvalue weighted by atomic mass is 32.2. The summed E-state index contributed by atoms with van der Waals surface area (Å²) in [7, 11) is -1.87. The highest BCUT2D eigenvalue weighted by Gasteiger charge is 2.15. The molecule has 9 nitrogen and oxygen atoms in total. The number of aromatic nitrogens is 3. The molecule has 1 N–H and O–H groups in total. The summed E-state index contributed by atoms with van der Waals surface area (Å²) in [5, 5.41) is 14.8. The first kappa shape index (κ1) is 27.0. The Hall–Kier alpha value is -4.09. The minimum atomic E-state index is -3.31. The minimum absolute atomic E-state index is 0.0154. The Labute approximate surface area is 224 Å². The van der Waals surface area contributed by atoms with E-state index in [9.17, 15) is 18.3 Å². The van der Waals surface area contributed by atoms with Crippen LogP contribution >= 0.6 is 11.8 Å². The number of aromatic hydroxyl groups is 1. The average molecular weight is 552 g/mol. The van der Waals surface area contributed by atoms with Crippen molar-refractivity contribution in [1.82, 2.24) is 14.8 Å². The Kier molecular flexibility index (Phi) is 8.49. The van der Waals surface area contributed by atoms with Gasteiger partial charge in [0, 0.05) is 23.6 Å². The highest BCUT2D eigenvalue weighted by Crippen LogP contribution is 2.27. The summed E-state index contributed by atoms with van der Waals surface area (Å²) in [5.74, 6) is 0.805. The van der Waals surface area contributed by atoms with Crippen LogP contribution in [0, 0.1) is 0 Å². The molecule has 4 rings (SSSR count). The van der Waals surface area contributed by atoms with Gasteiger partial charge in [-0.05, 0) is 60.2 Å². The number of hydrogen-bond acceptors (Lipinski definition) is 9. The van der Waals surface area contributed by atoms with Crippen LogP contribution in [-0.2, 0) is 19.4 Å². The molecule has 0 bridgehead atoms. The van der Waals surface area contributed by atoms with Crippen LogP contribution in [0.2, 0.25) is 0 Å². The minimum Gasteiger partial charge on any atom is -0.504 e. The summed E-state index contributed by atoms with van der Waals surface area (Å²) in [6, 6.07) is 20.7. The van der Waals surface area contributed by atoms with Gasteiger partial charge in [-0.1, -0.05) is 36.0 Å². The zero-order valence-electron chi connectivity index (χ0n) is 20.6. The van der Waals surface area contributed by atoms with Crippen molar-refractivity contribution in [3.05, 3.63) is 84.4 Å². The Bertz CT molecular complexity index is 1550. The number of phenols is 1. The molecule has 3 aromatic carbocycles. The third kappa shape index (κ3) is 6.81. The predicted molar refractivity (Wildman–Crippen MR) is 145 cm³/mol. The molecule has 4 aromatic rings. The summed E-state index contributed by atoms with van der Waals surface area (Å²) in [6.07, 6.45) is 4.04. The lowest BCUT2D eigenvalue weighted by Gasteiger charge is -2.06. The topological polar surface area (TPSA) is 121 Å². The predicted octanol–water partition coefficient (Wildman–Crippen LogP) is 4.40. The molecular weight excluding hydrogens is 526 g/mol. The van der Waals surface area contributed by atoms with Crippen molar-refractivity contribution >= 4 is 33.6 Å². The van der Waals surface area contributed by atoms with Gasteiger partial charge >= 0.3 is 5.97 Å². The number of methoxy groups -OCH3 is 1. The molecule has 0 spiro atoms. The lowest BCUT2D eigenvalue weighted by Crippen LogP contribution is -2.04. The number of para-hydroxylation sites is 1. The standard InChI is InChI=1S/C27H25N3O6S2/c1-35-24-18-19(8-14-23(24)31)9-15-25(32)36-16-17-37-27-28-26(30(29-27)21-6-4-3-5-7-21)20-10-12-22(13-11-20)38(2,33)34/h3-15,18,31H,16-17H2,1-2H3/b15-9+. The number of carbonyl (C=O) groups excluding carboxylic acids is 1. The van der Waals surface area contributed by atoms with Crippen molar-refractivity contribution < 1.29 is 27.8 Å². The second-order valence-corrected chi connectivity index (χ2v) is 11.1. The van der Waals surface area contributed by atoms with E-state index in [0.29, 0.717) is 33.6 Å². The molecule has 0 amide bonds. The van der Waals surface area contributed by atoms with Gasteiger partial charge in [0.25, 0.3) is 0 Å². The molecule has 0 atom stereocenters. The van der Waals surface area contributed by atoms with Crippen LogP contribution in [0.3, 0.4) is 0 Å².